The van der Waals surface area contributed by atoms with E-state index in [-0.39, 0.29) is 17.2 Å². The molecule has 0 bridgehead atoms. The van der Waals surface area contributed by atoms with Gasteiger partial charge in [-0.3, -0.25) is 9.59 Å². The average molecular weight is 264 g/mol. The molecule has 6 heteroatoms. The fourth-order valence-electron chi connectivity index (χ4n) is 2.33. The van der Waals surface area contributed by atoms with Crippen molar-refractivity contribution in [3.8, 4) is 0 Å². The normalized spacial score (nSPS) is 19.1. The van der Waals surface area contributed by atoms with Gasteiger partial charge in [0.2, 0.25) is 0 Å². The number of nitrogens with one attached hydrogen (secondary N) is 2. The third-order valence-electron chi connectivity index (χ3n) is 3.42. The molecule has 0 aromatic carbocycles. The van der Waals surface area contributed by atoms with Gasteiger partial charge in [-0.25, -0.2) is 5.10 Å². The zero-order valence-corrected chi connectivity index (χ0v) is 11.2. The van der Waals surface area contributed by atoms with Crippen molar-refractivity contribution in [2.45, 2.75) is 32.2 Å². The van der Waals surface area contributed by atoms with E-state index in [0.717, 1.165) is 13.0 Å². The van der Waals surface area contributed by atoms with Crippen LogP contribution >= 0.6 is 0 Å². The minimum atomic E-state index is -0.298. The molecule has 0 saturated carbocycles. The number of nitrogens with zero attached hydrogens (tertiary/aromatic N) is 2. The Bertz CT molecular complexity index is 459. The summed E-state index contributed by atoms with van der Waals surface area (Å²) in [6.07, 6.45) is 3.52. The average Bonchev–Trinajstić information content (AvgIpc) is 2.46. The van der Waals surface area contributed by atoms with E-state index >= 15 is 0 Å². The van der Waals surface area contributed by atoms with Crippen molar-refractivity contribution in [3.05, 3.63) is 28.2 Å². The number of amides is 1. The number of carbonyl (C=O) groups is 1. The second-order valence-electron chi connectivity index (χ2n) is 4.80. The maximum absolute atomic E-state index is 12.3. The van der Waals surface area contributed by atoms with Crippen molar-refractivity contribution >= 4 is 5.91 Å². The summed E-state index contributed by atoms with van der Waals surface area (Å²) in [5, 5.41) is 9.51. The van der Waals surface area contributed by atoms with Crippen molar-refractivity contribution in [1.29, 1.82) is 0 Å². The van der Waals surface area contributed by atoms with Crippen molar-refractivity contribution < 1.29 is 4.79 Å². The molecule has 0 spiro atoms. The number of aromatic amines is 1. The van der Waals surface area contributed by atoms with Crippen LogP contribution in [0.3, 0.4) is 0 Å². The predicted molar refractivity (Wildman–Crippen MR) is 72.1 cm³/mol. The Hall–Kier alpha value is -1.69. The van der Waals surface area contributed by atoms with Gasteiger partial charge >= 0.3 is 0 Å². The Labute approximate surface area is 112 Å². The van der Waals surface area contributed by atoms with Gasteiger partial charge in [0.25, 0.3) is 11.5 Å². The van der Waals surface area contributed by atoms with E-state index in [2.05, 4.69) is 15.5 Å². The molecular formula is C13H20N4O2. The Balaban J connectivity index is 2.01. The Morgan fingerprint density at radius 2 is 2.32 bits per heavy atom. The number of likely N-dealkylation sites (N-methyl/N-ethyl adjacent to an activating group) is 1. The van der Waals surface area contributed by atoms with Crippen LogP contribution in [0.25, 0.3) is 0 Å². The molecule has 1 aromatic rings. The fraction of sp³-hybridized carbons (Fsp3) is 0.615. The van der Waals surface area contributed by atoms with Gasteiger partial charge in [0, 0.05) is 25.2 Å². The minimum Gasteiger partial charge on any atom is -0.336 e. The molecule has 1 unspecified atom stereocenters. The lowest BCUT2D eigenvalue weighted by atomic mass is 10.0. The van der Waals surface area contributed by atoms with Crippen molar-refractivity contribution in [2.24, 2.45) is 0 Å². The van der Waals surface area contributed by atoms with Gasteiger partial charge in [-0.2, -0.15) is 5.10 Å². The number of hydrogen-bond donors (Lipinski definition) is 2. The number of carbonyl (C=O) groups excluding carboxylic acids is 1. The number of rotatable bonds is 4. The second-order valence-corrected chi connectivity index (χ2v) is 4.80. The molecule has 1 amide bonds. The van der Waals surface area contributed by atoms with Gasteiger partial charge in [0.05, 0.1) is 0 Å². The number of hydrogen-bond acceptors (Lipinski definition) is 4. The van der Waals surface area contributed by atoms with Crippen LogP contribution in [-0.2, 0) is 0 Å². The summed E-state index contributed by atoms with van der Waals surface area (Å²) in [5.74, 6) is -0.133. The molecule has 1 aliphatic heterocycles. The Morgan fingerprint density at radius 1 is 1.47 bits per heavy atom. The topological polar surface area (TPSA) is 78.1 Å². The van der Waals surface area contributed by atoms with Gasteiger partial charge in [0.15, 0.2) is 0 Å². The van der Waals surface area contributed by atoms with Crippen LogP contribution in [0, 0.1) is 0 Å². The van der Waals surface area contributed by atoms with Gasteiger partial charge in [-0.15, -0.1) is 0 Å². The van der Waals surface area contributed by atoms with Crippen LogP contribution in [-0.4, -0.2) is 46.7 Å². The van der Waals surface area contributed by atoms with Crippen molar-refractivity contribution in [2.75, 3.05) is 19.6 Å². The lowest BCUT2D eigenvalue weighted by Gasteiger charge is -2.29. The molecule has 1 saturated heterocycles. The third-order valence-corrected chi connectivity index (χ3v) is 3.42. The maximum atomic E-state index is 12.3. The van der Waals surface area contributed by atoms with Gasteiger partial charge in [-0.05, 0) is 32.4 Å². The third kappa shape index (κ3) is 3.64. The van der Waals surface area contributed by atoms with Crippen LogP contribution in [0.5, 0.6) is 0 Å². The lowest BCUT2D eigenvalue weighted by molar-refractivity contribution is 0.0734. The first-order valence-corrected chi connectivity index (χ1v) is 6.79. The first kappa shape index (κ1) is 13.7. The summed E-state index contributed by atoms with van der Waals surface area (Å²) < 4.78 is 0. The van der Waals surface area contributed by atoms with E-state index in [1.165, 1.54) is 25.0 Å². The number of aromatic nitrogens is 2. The molecule has 2 heterocycles. The quantitative estimate of drug-likeness (QED) is 0.824. The van der Waals surface area contributed by atoms with Crippen LogP contribution in [0.1, 0.15) is 36.7 Å². The monoisotopic (exact) mass is 264 g/mol. The minimum absolute atomic E-state index is 0.133. The lowest BCUT2D eigenvalue weighted by Crippen LogP contribution is -2.46. The van der Waals surface area contributed by atoms with Crippen molar-refractivity contribution in [1.82, 2.24) is 20.4 Å². The number of piperidine rings is 1. The smallest absolute Gasteiger partial charge is 0.274 e. The molecular weight excluding hydrogens is 244 g/mol. The van der Waals surface area contributed by atoms with Crippen LogP contribution < -0.4 is 10.9 Å². The maximum Gasteiger partial charge on any atom is 0.274 e. The molecule has 1 aromatic heterocycles. The molecule has 1 fully saturated rings. The fourth-order valence-corrected chi connectivity index (χ4v) is 2.33. The highest BCUT2D eigenvalue weighted by molar-refractivity contribution is 5.92. The standard InChI is InChI=1S/C13H20N4O2/c1-2-17(9-10-5-3-4-8-14-10)13(19)11-6-7-12(18)16-15-11/h6-7,10,14H,2-5,8-9H2,1H3,(H,16,18). The Kier molecular flexibility index (Phi) is 4.68. The molecule has 104 valence electrons. The molecule has 0 aliphatic carbocycles. The molecule has 0 radical (unpaired) electrons. The summed E-state index contributed by atoms with van der Waals surface area (Å²) in [5.41, 5.74) is -0.00851. The summed E-state index contributed by atoms with van der Waals surface area (Å²) >= 11 is 0. The van der Waals surface area contributed by atoms with E-state index in [4.69, 9.17) is 0 Å². The summed E-state index contributed by atoms with van der Waals surface area (Å²) in [6.45, 7) is 4.30. The zero-order chi connectivity index (χ0) is 13.7. The van der Waals surface area contributed by atoms with E-state index in [1.54, 1.807) is 4.90 Å². The molecule has 6 nitrogen and oxygen atoms in total. The summed E-state index contributed by atoms with van der Waals surface area (Å²) in [7, 11) is 0. The second kappa shape index (κ2) is 6.47. The van der Waals surface area contributed by atoms with E-state index in [9.17, 15) is 9.59 Å². The molecule has 1 atom stereocenters. The van der Waals surface area contributed by atoms with E-state index in [0.29, 0.717) is 19.1 Å². The zero-order valence-electron chi connectivity index (χ0n) is 11.2. The van der Waals surface area contributed by atoms with Crippen LogP contribution in [0.15, 0.2) is 16.9 Å². The highest BCUT2D eigenvalue weighted by Gasteiger charge is 2.21. The van der Waals surface area contributed by atoms with Crippen LogP contribution in [0.2, 0.25) is 0 Å². The first-order chi connectivity index (χ1) is 9.20. The molecule has 19 heavy (non-hydrogen) atoms. The molecule has 2 N–H and O–H groups in total. The summed E-state index contributed by atoms with van der Waals surface area (Å²) in [6, 6.07) is 3.16. The van der Waals surface area contributed by atoms with Crippen molar-refractivity contribution in [3.63, 3.8) is 0 Å². The molecule has 2 rings (SSSR count). The predicted octanol–water partition coefficient (Wildman–Crippen LogP) is 0.374. The first-order valence-electron chi connectivity index (χ1n) is 6.79. The highest BCUT2D eigenvalue weighted by atomic mass is 16.2. The largest absolute Gasteiger partial charge is 0.336 e. The number of H-pyrrole nitrogens is 1. The SMILES string of the molecule is CCN(CC1CCCCN1)C(=O)c1ccc(=O)[nH]n1. The van der Waals surface area contributed by atoms with Gasteiger partial charge in [-0.1, -0.05) is 6.42 Å². The van der Waals surface area contributed by atoms with Gasteiger partial charge < -0.3 is 10.2 Å². The summed E-state index contributed by atoms with van der Waals surface area (Å²) in [4.78, 5) is 25.0. The van der Waals surface area contributed by atoms with E-state index < -0.39 is 0 Å². The Morgan fingerprint density at radius 3 is 2.89 bits per heavy atom. The van der Waals surface area contributed by atoms with Gasteiger partial charge in [0.1, 0.15) is 5.69 Å². The van der Waals surface area contributed by atoms with Crippen LogP contribution in [0.4, 0.5) is 0 Å². The highest BCUT2D eigenvalue weighted by Crippen LogP contribution is 2.10. The van der Waals surface area contributed by atoms with E-state index in [1.807, 2.05) is 6.92 Å². The molecule has 1 aliphatic rings.